The van der Waals surface area contributed by atoms with Crippen LogP contribution in [0.4, 0.5) is 5.69 Å². The molecule has 0 saturated carbocycles. The summed E-state index contributed by atoms with van der Waals surface area (Å²) in [6, 6.07) is 26.7. The van der Waals surface area contributed by atoms with E-state index >= 15 is 0 Å². The number of nitrogens with zero attached hydrogens (tertiary/aromatic N) is 3. The van der Waals surface area contributed by atoms with Crippen molar-refractivity contribution < 1.29 is 20.1 Å². The van der Waals surface area contributed by atoms with E-state index in [0.717, 1.165) is 11.4 Å². The van der Waals surface area contributed by atoms with E-state index in [2.05, 4.69) is 89.1 Å². The summed E-state index contributed by atoms with van der Waals surface area (Å²) < 4.78 is 2.33. The first-order valence-corrected chi connectivity index (χ1v) is 8.36. The molecule has 1 radical (unpaired) electrons. The van der Waals surface area contributed by atoms with Crippen molar-refractivity contribution in [1.82, 2.24) is 9.47 Å². The quantitative estimate of drug-likeness (QED) is 0.351. The van der Waals surface area contributed by atoms with Gasteiger partial charge in [0.05, 0.1) is 0 Å². The van der Waals surface area contributed by atoms with Crippen LogP contribution in [0.2, 0.25) is 0 Å². The van der Waals surface area contributed by atoms with E-state index in [4.69, 9.17) is 0 Å². The summed E-state index contributed by atoms with van der Waals surface area (Å²) in [4.78, 5) is 4.17. The Morgan fingerprint density at radius 2 is 1.62 bits per heavy atom. The molecule has 131 valence electrons. The summed E-state index contributed by atoms with van der Waals surface area (Å²) in [6.45, 7) is 2.07. The average Bonchev–Trinajstić information content (AvgIpc) is 3.24. The minimum absolute atomic E-state index is 0. The topological polar surface area (TPSA) is 11.4 Å². The first kappa shape index (κ1) is 16.9. The maximum absolute atomic E-state index is 3.44. The Kier molecular flexibility index (Phi) is 4.31. The number of anilines is 1. The maximum atomic E-state index is 3.44. The number of fused-ring (bicyclic) bond motifs is 3. The van der Waals surface area contributed by atoms with E-state index in [-0.39, 0.29) is 20.1 Å². The molecular weight excluding hydrogens is 498 g/mol. The molecule has 2 heterocycles. The Hall–Kier alpha value is -2.55. The molecule has 3 nitrogen and oxygen atoms in total. The molecule has 0 atom stereocenters. The van der Waals surface area contributed by atoms with Crippen molar-refractivity contribution in [2.75, 3.05) is 11.9 Å². The number of rotatable bonds is 2. The van der Waals surface area contributed by atoms with Gasteiger partial charge in [0.2, 0.25) is 0 Å². The summed E-state index contributed by atoms with van der Waals surface area (Å²) >= 11 is 0. The first-order chi connectivity index (χ1) is 12.3. The average molecular weight is 516 g/mol. The van der Waals surface area contributed by atoms with E-state index < -0.39 is 0 Å². The van der Waals surface area contributed by atoms with E-state index in [1.54, 1.807) is 0 Å². The van der Waals surface area contributed by atoms with Crippen LogP contribution >= 0.6 is 0 Å². The normalized spacial score (nSPS) is 13.6. The summed E-state index contributed by atoms with van der Waals surface area (Å²) in [6.07, 6.45) is 4.11. The molecule has 0 aliphatic carbocycles. The van der Waals surface area contributed by atoms with Gasteiger partial charge < -0.3 is 14.4 Å². The molecule has 0 amide bonds. The zero-order valence-corrected chi connectivity index (χ0v) is 16.7. The van der Waals surface area contributed by atoms with Crippen LogP contribution < -0.4 is 4.90 Å². The standard InChI is InChI=1S/C22H17N3.Ir/c1-23-14-15-24(16-23)21-13-7-11-19-18-10-5-6-12-20(18)25(22(19)21)17-8-3-2-4-9-17;/h2-12,14-16H,1H3;/q-2;. The van der Waals surface area contributed by atoms with Crippen LogP contribution in [0.5, 0.6) is 0 Å². The Morgan fingerprint density at radius 3 is 2.38 bits per heavy atom. The van der Waals surface area contributed by atoms with Crippen molar-refractivity contribution in [3.63, 3.8) is 0 Å². The van der Waals surface area contributed by atoms with Gasteiger partial charge in [0.25, 0.3) is 0 Å². The minimum atomic E-state index is 0. The van der Waals surface area contributed by atoms with Crippen molar-refractivity contribution >= 4 is 27.5 Å². The van der Waals surface area contributed by atoms with Crippen molar-refractivity contribution in [1.29, 1.82) is 0 Å². The van der Waals surface area contributed by atoms with Gasteiger partial charge >= 0.3 is 0 Å². The minimum Gasteiger partial charge on any atom is -0.510 e. The molecule has 0 saturated heterocycles. The van der Waals surface area contributed by atoms with Crippen molar-refractivity contribution in [2.24, 2.45) is 0 Å². The van der Waals surface area contributed by atoms with Crippen LogP contribution in [-0.4, -0.2) is 16.5 Å². The molecule has 1 aliphatic heterocycles. The second kappa shape index (κ2) is 6.64. The zero-order valence-electron chi connectivity index (χ0n) is 14.3. The smallest absolute Gasteiger partial charge is 0.0404 e. The molecule has 1 aromatic heterocycles. The Balaban J connectivity index is 0.00000168. The zero-order chi connectivity index (χ0) is 16.8. The summed E-state index contributed by atoms with van der Waals surface area (Å²) in [5.74, 6) is 0. The van der Waals surface area contributed by atoms with Crippen LogP contribution in [0.1, 0.15) is 0 Å². The van der Waals surface area contributed by atoms with E-state index in [1.807, 2.05) is 24.2 Å². The third kappa shape index (κ3) is 2.54. The molecular formula is C22H17IrN3-2. The van der Waals surface area contributed by atoms with Gasteiger partial charge in [-0.2, -0.15) is 24.9 Å². The fourth-order valence-corrected chi connectivity index (χ4v) is 3.56. The van der Waals surface area contributed by atoms with Gasteiger partial charge in [-0.25, -0.2) is 0 Å². The largest absolute Gasteiger partial charge is 0.510 e. The Bertz CT molecular complexity index is 1100. The fourth-order valence-electron chi connectivity index (χ4n) is 3.56. The summed E-state index contributed by atoms with van der Waals surface area (Å²) in [5.41, 5.74) is 4.59. The molecule has 0 N–H and O–H groups in total. The van der Waals surface area contributed by atoms with Gasteiger partial charge in [-0.1, -0.05) is 42.1 Å². The van der Waals surface area contributed by atoms with Crippen molar-refractivity contribution in [2.45, 2.75) is 0 Å². The number of aromatic nitrogens is 1. The van der Waals surface area contributed by atoms with Crippen LogP contribution in [-0.2, 0) is 20.1 Å². The van der Waals surface area contributed by atoms with Gasteiger partial charge in [-0.05, 0) is 48.5 Å². The molecule has 4 heteroatoms. The molecule has 0 unspecified atom stereocenters. The molecule has 0 spiro atoms. The predicted molar refractivity (Wildman–Crippen MR) is 103 cm³/mol. The van der Waals surface area contributed by atoms with Crippen LogP contribution in [0.25, 0.3) is 27.5 Å². The second-order valence-corrected chi connectivity index (χ2v) is 6.26. The van der Waals surface area contributed by atoms with Gasteiger partial charge in [0.15, 0.2) is 0 Å². The molecule has 26 heavy (non-hydrogen) atoms. The number of hydrogen-bond donors (Lipinski definition) is 0. The van der Waals surface area contributed by atoms with Crippen molar-refractivity contribution in [3.8, 4) is 5.69 Å². The number of para-hydroxylation sites is 2. The summed E-state index contributed by atoms with van der Waals surface area (Å²) in [7, 11) is 2.03. The second-order valence-electron chi connectivity index (χ2n) is 6.26. The van der Waals surface area contributed by atoms with Crippen LogP contribution in [0.3, 0.4) is 0 Å². The molecule has 0 fully saturated rings. The molecule has 3 aromatic carbocycles. The van der Waals surface area contributed by atoms with E-state index in [0.29, 0.717) is 0 Å². The van der Waals surface area contributed by atoms with Gasteiger partial charge in [-0.3, -0.25) is 0 Å². The number of benzene rings is 3. The van der Waals surface area contributed by atoms with Gasteiger partial charge in [0.1, 0.15) is 0 Å². The molecule has 0 bridgehead atoms. The van der Waals surface area contributed by atoms with E-state index in [9.17, 15) is 0 Å². The number of hydrogen-bond acceptors (Lipinski definition) is 2. The van der Waals surface area contributed by atoms with Gasteiger partial charge in [-0.15, -0.1) is 5.39 Å². The van der Waals surface area contributed by atoms with Crippen LogP contribution in [0, 0.1) is 12.7 Å². The molecule has 4 aromatic rings. The SMILES string of the molecule is CN1C=CN(c2[c-]ccc3c4ccccc4n(-c4ccccc4)c23)[CH-]1.[Ir]. The molecule has 5 rings (SSSR count). The van der Waals surface area contributed by atoms with Crippen LogP contribution in [0.15, 0.2) is 79.1 Å². The first-order valence-electron chi connectivity index (χ1n) is 8.36. The third-order valence-corrected chi connectivity index (χ3v) is 4.65. The Labute approximate surface area is 166 Å². The maximum Gasteiger partial charge on any atom is 0.0404 e. The molecule has 1 aliphatic rings. The fraction of sp³-hybridized carbons (Fsp3) is 0.0455. The van der Waals surface area contributed by atoms with E-state index in [1.165, 1.54) is 21.8 Å². The predicted octanol–water partition coefficient (Wildman–Crippen LogP) is 4.92. The Morgan fingerprint density at radius 1 is 0.846 bits per heavy atom. The summed E-state index contributed by atoms with van der Waals surface area (Å²) in [5, 5.41) is 2.50. The third-order valence-electron chi connectivity index (χ3n) is 4.65. The van der Waals surface area contributed by atoms with Gasteiger partial charge in [0, 0.05) is 31.3 Å². The van der Waals surface area contributed by atoms with Crippen molar-refractivity contribution in [3.05, 3.63) is 91.9 Å². The monoisotopic (exact) mass is 516 g/mol.